The van der Waals surface area contributed by atoms with Gasteiger partial charge in [-0.05, 0) is 37.3 Å². The fourth-order valence-electron chi connectivity index (χ4n) is 2.13. The first kappa shape index (κ1) is 13.5. The molecule has 0 amide bonds. The molecule has 0 N–H and O–H groups in total. The standard InChI is InChI=1S/C16H18O3/c1-12(17)7-8-14-9-15(10-14)16(18)19-11-13-5-3-2-4-6-13/h2-8,14-15H,9-11H2,1H3/b8-7+. The number of carbonyl (C=O) groups is 2. The minimum Gasteiger partial charge on any atom is -0.461 e. The largest absolute Gasteiger partial charge is 0.461 e. The van der Waals surface area contributed by atoms with E-state index in [-0.39, 0.29) is 17.7 Å². The van der Waals surface area contributed by atoms with Crippen molar-refractivity contribution in [2.45, 2.75) is 26.4 Å². The Kier molecular flexibility index (Phi) is 4.50. The van der Waals surface area contributed by atoms with E-state index in [0.29, 0.717) is 12.5 Å². The van der Waals surface area contributed by atoms with Crippen LogP contribution in [0.4, 0.5) is 0 Å². The second-order valence-corrected chi connectivity index (χ2v) is 4.99. The lowest BCUT2D eigenvalue weighted by Gasteiger charge is -2.31. The van der Waals surface area contributed by atoms with Crippen molar-refractivity contribution in [3.8, 4) is 0 Å². The van der Waals surface area contributed by atoms with E-state index in [2.05, 4.69) is 0 Å². The molecule has 0 atom stereocenters. The van der Waals surface area contributed by atoms with Crippen LogP contribution in [0, 0.1) is 11.8 Å². The normalized spacial score (nSPS) is 21.9. The predicted molar refractivity (Wildman–Crippen MR) is 72.3 cm³/mol. The van der Waals surface area contributed by atoms with Crippen molar-refractivity contribution in [3.63, 3.8) is 0 Å². The molecule has 0 aromatic heterocycles. The van der Waals surface area contributed by atoms with Gasteiger partial charge in [0, 0.05) is 0 Å². The summed E-state index contributed by atoms with van der Waals surface area (Å²) in [6.07, 6.45) is 5.05. The maximum absolute atomic E-state index is 11.8. The van der Waals surface area contributed by atoms with Gasteiger partial charge >= 0.3 is 5.97 Å². The quantitative estimate of drug-likeness (QED) is 0.602. The minimum atomic E-state index is -0.128. The molecule has 19 heavy (non-hydrogen) atoms. The third-order valence-electron chi connectivity index (χ3n) is 3.33. The van der Waals surface area contributed by atoms with Gasteiger partial charge in [0.15, 0.2) is 5.78 Å². The molecule has 0 aliphatic heterocycles. The molecule has 1 aliphatic rings. The lowest BCUT2D eigenvalue weighted by molar-refractivity contribution is -0.154. The van der Waals surface area contributed by atoms with E-state index < -0.39 is 0 Å². The maximum atomic E-state index is 11.8. The number of benzene rings is 1. The number of ketones is 1. The van der Waals surface area contributed by atoms with Crippen molar-refractivity contribution in [1.29, 1.82) is 0 Å². The SMILES string of the molecule is CC(=O)/C=C/C1CC(C(=O)OCc2ccccc2)C1. The Labute approximate surface area is 113 Å². The summed E-state index contributed by atoms with van der Waals surface area (Å²) in [5.74, 6) is 0.259. The summed E-state index contributed by atoms with van der Waals surface area (Å²) < 4.78 is 5.28. The second-order valence-electron chi connectivity index (χ2n) is 4.99. The van der Waals surface area contributed by atoms with Crippen LogP contribution in [0.1, 0.15) is 25.3 Å². The van der Waals surface area contributed by atoms with E-state index in [1.54, 1.807) is 6.08 Å². The highest BCUT2D eigenvalue weighted by atomic mass is 16.5. The fraction of sp³-hybridized carbons (Fsp3) is 0.375. The Morgan fingerprint density at radius 3 is 2.58 bits per heavy atom. The molecule has 3 nitrogen and oxygen atoms in total. The third kappa shape index (κ3) is 4.05. The number of esters is 1. The van der Waals surface area contributed by atoms with Crippen molar-refractivity contribution < 1.29 is 14.3 Å². The molecule has 0 heterocycles. The van der Waals surface area contributed by atoms with Gasteiger partial charge in [0.25, 0.3) is 0 Å². The van der Waals surface area contributed by atoms with Gasteiger partial charge in [0.1, 0.15) is 6.61 Å². The number of hydrogen-bond acceptors (Lipinski definition) is 3. The molecular weight excluding hydrogens is 240 g/mol. The van der Waals surface area contributed by atoms with E-state index in [4.69, 9.17) is 4.74 Å². The molecule has 2 rings (SSSR count). The lowest BCUT2D eigenvalue weighted by Crippen LogP contribution is -2.30. The van der Waals surface area contributed by atoms with Gasteiger partial charge in [0.05, 0.1) is 5.92 Å². The Hall–Kier alpha value is -1.90. The fourth-order valence-corrected chi connectivity index (χ4v) is 2.13. The molecule has 0 radical (unpaired) electrons. The Morgan fingerprint density at radius 2 is 1.95 bits per heavy atom. The van der Waals surface area contributed by atoms with Gasteiger partial charge in [-0.2, -0.15) is 0 Å². The molecule has 1 fully saturated rings. The van der Waals surface area contributed by atoms with E-state index in [1.807, 2.05) is 36.4 Å². The second kappa shape index (κ2) is 6.32. The van der Waals surface area contributed by atoms with E-state index in [1.165, 1.54) is 6.92 Å². The first-order valence-corrected chi connectivity index (χ1v) is 6.54. The van der Waals surface area contributed by atoms with Gasteiger partial charge in [-0.25, -0.2) is 0 Å². The van der Waals surface area contributed by atoms with Gasteiger partial charge < -0.3 is 4.74 Å². The molecule has 0 spiro atoms. The van der Waals surface area contributed by atoms with Crippen LogP contribution in [-0.4, -0.2) is 11.8 Å². The number of carbonyl (C=O) groups excluding carboxylic acids is 2. The van der Waals surface area contributed by atoms with Crippen molar-refractivity contribution in [1.82, 2.24) is 0 Å². The van der Waals surface area contributed by atoms with Crippen LogP contribution in [0.2, 0.25) is 0 Å². The molecule has 3 heteroatoms. The smallest absolute Gasteiger partial charge is 0.309 e. The highest BCUT2D eigenvalue weighted by Gasteiger charge is 2.34. The third-order valence-corrected chi connectivity index (χ3v) is 3.33. The minimum absolute atomic E-state index is 0.00896. The molecule has 1 aromatic carbocycles. The molecule has 1 saturated carbocycles. The Bertz CT molecular complexity index is 470. The topological polar surface area (TPSA) is 43.4 Å². The highest BCUT2D eigenvalue weighted by molar-refractivity contribution is 5.87. The zero-order valence-electron chi connectivity index (χ0n) is 11.0. The van der Waals surface area contributed by atoms with Gasteiger partial charge in [0.2, 0.25) is 0 Å². The number of ether oxygens (including phenoxy) is 1. The number of rotatable bonds is 5. The number of allylic oxidation sites excluding steroid dienone is 2. The average Bonchev–Trinajstić information content (AvgIpc) is 2.35. The van der Waals surface area contributed by atoms with E-state index in [0.717, 1.165) is 18.4 Å². The zero-order chi connectivity index (χ0) is 13.7. The van der Waals surface area contributed by atoms with Crippen molar-refractivity contribution >= 4 is 11.8 Å². The molecule has 1 aromatic rings. The summed E-state index contributed by atoms with van der Waals surface area (Å²) in [6.45, 7) is 1.87. The lowest BCUT2D eigenvalue weighted by atomic mass is 9.75. The van der Waals surface area contributed by atoms with E-state index in [9.17, 15) is 9.59 Å². The van der Waals surface area contributed by atoms with Gasteiger partial charge in [-0.3, -0.25) is 9.59 Å². The van der Waals surface area contributed by atoms with Crippen LogP contribution in [0.25, 0.3) is 0 Å². The summed E-state index contributed by atoms with van der Waals surface area (Å²) in [5.41, 5.74) is 1.00. The van der Waals surface area contributed by atoms with Gasteiger partial charge in [-0.1, -0.05) is 36.4 Å². The molecular formula is C16H18O3. The van der Waals surface area contributed by atoms with Gasteiger partial charge in [-0.15, -0.1) is 0 Å². The number of hydrogen-bond donors (Lipinski definition) is 0. The highest BCUT2D eigenvalue weighted by Crippen LogP contribution is 2.35. The first-order valence-electron chi connectivity index (χ1n) is 6.54. The van der Waals surface area contributed by atoms with Crippen LogP contribution in [0.3, 0.4) is 0 Å². The van der Waals surface area contributed by atoms with Crippen LogP contribution in [-0.2, 0) is 20.9 Å². The average molecular weight is 258 g/mol. The molecule has 0 saturated heterocycles. The molecule has 0 unspecified atom stereocenters. The summed E-state index contributed by atoms with van der Waals surface area (Å²) >= 11 is 0. The monoisotopic (exact) mass is 258 g/mol. The van der Waals surface area contributed by atoms with Crippen LogP contribution < -0.4 is 0 Å². The summed E-state index contributed by atoms with van der Waals surface area (Å²) in [5, 5.41) is 0. The van der Waals surface area contributed by atoms with Crippen molar-refractivity contribution in [3.05, 3.63) is 48.0 Å². The summed E-state index contributed by atoms with van der Waals surface area (Å²) in [7, 11) is 0. The maximum Gasteiger partial charge on any atom is 0.309 e. The molecule has 0 bridgehead atoms. The van der Waals surface area contributed by atoms with Crippen molar-refractivity contribution in [2.24, 2.45) is 11.8 Å². The van der Waals surface area contributed by atoms with E-state index >= 15 is 0 Å². The first-order chi connectivity index (χ1) is 9.15. The zero-order valence-corrected chi connectivity index (χ0v) is 11.0. The van der Waals surface area contributed by atoms with Crippen LogP contribution in [0.15, 0.2) is 42.5 Å². The summed E-state index contributed by atoms with van der Waals surface area (Å²) in [4.78, 5) is 22.6. The van der Waals surface area contributed by atoms with Crippen molar-refractivity contribution in [2.75, 3.05) is 0 Å². The summed E-state index contributed by atoms with van der Waals surface area (Å²) in [6, 6.07) is 9.66. The Balaban J connectivity index is 1.70. The predicted octanol–water partition coefficient (Wildman–Crippen LogP) is 2.90. The Morgan fingerprint density at radius 1 is 1.26 bits per heavy atom. The molecule has 1 aliphatic carbocycles. The van der Waals surface area contributed by atoms with Crippen LogP contribution in [0.5, 0.6) is 0 Å². The molecule has 100 valence electrons. The van der Waals surface area contributed by atoms with Crippen LogP contribution >= 0.6 is 0 Å².